The molecule has 3 N–H and O–H groups in total. The summed E-state index contributed by atoms with van der Waals surface area (Å²) in [5, 5.41) is 15.4. The Balaban J connectivity index is 1.79. The quantitative estimate of drug-likeness (QED) is 0.224. The van der Waals surface area contributed by atoms with Gasteiger partial charge in [0.15, 0.2) is 6.61 Å². The number of amides is 2. The molecule has 0 saturated heterocycles. The molecule has 2 amide bonds. The molecule has 0 fully saturated rings. The fraction of sp³-hybridized carbons (Fsp3) is 0.0400. The van der Waals surface area contributed by atoms with Crippen molar-refractivity contribution in [2.24, 2.45) is 5.10 Å². The molecule has 3 aromatic rings. The zero-order chi connectivity index (χ0) is 24.3. The first-order chi connectivity index (χ1) is 16.4. The van der Waals surface area contributed by atoms with Crippen LogP contribution in [0.5, 0.6) is 5.75 Å². The van der Waals surface area contributed by atoms with E-state index in [1.807, 2.05) is 18.2 Å². The van der Waals surface area contributed by atoms with E-state index < -0.39 is 24.4 Å². The summed E-state index contributed by atoms with van der Waals surface area (Å²) in [5.74, 6) is -1.93. The lowest BCUT2D eigenvalue weighted by Crippen LogP contribution is -2.32. The highest BCUT2D eigenvalue weighted by Gasteiger charge is 2.14. The number of hydrogen-bond acceptors (Lipinski definition) is 5. The Bertz CT molecular complexity index is 1230. The third-order valence-electron chi connectivity index (χ3n) is 4.33. The molecule has 0 radical (unpaired) electrons. The van der Waals surface area contributed by atoms with Crippen molar-refractivity contribution in [1.82, 2.24) is 10.7 Å². The summed E-state index contributed by atoms with van der Waals surface area (Å²) in [6.07, 6.45) is 2.85. The van der Waals surface area contributed by atoms with E-state index in [0.717, 1.165) is 0 Å². The van der Waals surface area contributed by atoms with Crippen molar-refractivity contribution in [1.29, 1.82) is 0 Å². The third kappa shape index (κ3) is 7.42. The Morgan fingerprint density at radius 1 is 0.971 bits per heavy atom. The van der Waals surface area contributed by atoms with Crippen LogP contribution in [0.1, 0.15) is 21.5 Å². The Kier molecular flexibility index (Phi) is 8.70. The monoisotopic (exact) mass is 521 g/mol. The van der Waals surface area contributed by atoms with Gasteiger partial charge in [-0.15, -0.1) is 0 Å². The van der Waals surface area contributed by atoms with Gasteiger partial charge in [0.25, 0.3) is 11.8 Å². The average molecular weight is 522 g/mol. The standard InChI is InChI=1S/C25H20BrN3O5/c26-20-11-12-22(34-16-23(30)31)19(14-20)15-27-29-25(33)21(13-17-7-3-1-4-8-17)28-24(32)18-9-5-2-6-10-18/h1-15H,16H2,(H,28,32)(H,29,33)(H,30,31)/b21-13+,27-15?. The number of ether oxygens (including phenoxy) is 1. The van der Waals surface area contributed by atoms with Crippen LogP contribution in [0.25, 0.3) is 6.08 Å². The Labute approximate surface area is 204 Å². The number of carbonyl (C=O) groups excluding carboxylic acids is 2. The van der Waals surface area contributed by atoms with Gasteiger partial charge < -0.3 is 15.2 Å². The zero-order valence-corrected chi connectivity index (χ0v) is 19.4. The van der Waals surface area contributed by atoms with E-state index in [1.165, 1.54) is 12.3 Å². The van der Waals surface area contributed by atoms with Crippen LogP contribution in [0.3, 0.4) is 0 Å². The number of carbonyl (C=O) groups is 3. The fourth-order valence-corrected chi connectivity index (χ4v) is 3.15. The molecule has 0 heterocycles. The maximum absolute atomic E-state index is 12.8. The Hall–Kier alpha value is -4.24. The van der Waals surface area contributed by atoms with Crippen molar-refractivity contribution in [3.8, 4) is 5.75 Å². The number of nitrogens with one attached hydrogen (secondary N) is 2. The number of hydrogen-bond donors (Lipinski definition) is 3. The number of benzene rings is 3. The van der Waals surface area contributed by atoms with Crippen molar-refractivity contribution in [3.63, 3.8) is 0 Å². The number of carboxylic acid groups (broad SMARTS) is 1. The number of hydrazone groups is 1. The van der Waals surface area contributed by atoms with Crippen LogP contribution in [-0.2, 0) is 9.59 Å². The molecule has 0 atom stereocenters. The van der Waals surface area contributed by atoms with E-state index in [4.69, 9.17) is 9.84 Å². The Morgan fingerprint density at radius 2 is 1.65 bits per heavy atom. The van der Waals surface area contributed by atoms with Crippen LogP contribution < -0.4 is 15.5 Å². The highest BCUT2D eigenvalue weighted by atomic mass is 79.9. The predicted molar refractivity (Wildman–Crippen MR) is 131 cm³/mol. The number of nitrogens with zero attached hydrogens (tertiary/aromatic N) is 1. The van der Waals surface area contributed by atoms with Crippen molar-refractivity contribution in [2.45, 2.75) is 0 Å². The second-order valence-corrected chi connectivity index (χ2v) is 7.77. The van der Waals surface area contributed by atoms with Gasteiger partial charge in [0.05, 0.1) is 6.21 Å². The van der Waals surface area contributed by atoms with Gasteiger partial charge in [-0.25, -0.2) is 10.2 Å². The summed E-state index contributed by atoms with van der Waals surface area (Å²) >= 11 is 3.33. The molecule has 9 heteroatoms. The number of carboxylic acids is 1. The van der Waals surface area contributed by atoms with Crippen LogP contribution in [0, 0.1) is 0 Å². The molecule has 0 unspecified atom stereocenters. The van der Waals surface area contributed by atoms with E-state index in [0.29, 0.717) is 21.2 Å². The fourth-order valence-electron chi connectivity index (χ4n) is 2.77. The van der Waals surface area contributed by atoms with Crippen LogP contribution >= 0.6 is 15.9 Å². The molecule has 34 heavy (non-hydrogen) atoms. The van der Waals surface area contributed by atoms with Gasteiger partial charge in [-0.05, 0) is 42.0 Å². The minimum absolute atomic E-state index is 0.00574. The highest BCUT2D eigenvalue weighted by Crippen LogP contribution is 2.21. The average Bonchev–Trinajstić information content (AvgIpc) is 2.84. The lowest BCUT2D eigenvalue weighted by atomic mass is 10.1. The molecule has 8 nitrogen and oxygen atoms in total. The molecule has 3 aromatic carbocycles. The minimum Gasteiger partial charge on any atom is -0.481 e. The summed E-state index contributed by atoms with van der Waals surface area (Å²) in [4.78, 5) is 36.3. The first-order valence-electron chi connectivity index (χ1n) is 10.0. The lowest BCUT2D eigenvalue weighted by Gasteiger charge is -2.10. The predicted octanol–water partition coefficient (Wildman–Crippen LogP) is 3.83. The van der Waals surface area contributed by atoms with Gasteiger partial charge in [-0.3, -0.25) is 9.59 Å². The second kappa shape index (κ2) is 12.1. The van der Waals surface area contributed by atoms with Gasteiger partial charge in [-0.1, -0.05) is 64.5 Å². The molecular weight excluding hydrogens is 502 g/mol. The molecule has 0 saturated carbocycles. The molecule has 0 spiro atoms. The smallest absolute Gasteiger partial charge is 0.341 e. The molecule has 0 aliphatic carbocycles. The summed E-state index contributed by atoms with van der Waals surface area (Å²) in [6, 6.07) is 22.5. The largest absolute Gasteiger partial charge is 0.481 e. The van der Waals surface area contributed by atoms with Crippen LogP contribution in [0.2, 0.25) is 0 Å². The SMILES string of the molecule is O=C(O)COc1ccc(Br)cc1C=NNC(=O)/C(=C\c1ccccc1)NC(=O)c1ccccc1. The van der Waals surface area contributed by atoms with Gasteiger partial charge in [0.2, 0.25) is 0 Å². The number of halogens is 1. The third-order valence-corrected chi connectivity index (χ3v) is 4.83. The first kappa shape index (κ1) is 24.4. The van der Waals surface area contributed by atoms with Crippen LogP contribution in [0.4, 0.5) is 0 Å². The van der Waals surface area contributed by atoms with E-state index >= 15 is 0 Å². The normalized spacial score (nSPS) is 11.1. The first-order valence-corrected chi connectivity index (χ1v) is 10.8. The molecule has 0 bridgehead atoms. The zero-order valence-electron chi connectivity index (χ0n) is 17.8. The summed E-state index contributed by atoms with van der Waals surface area (Å²) in [5.41, 5.74) is 3.92. The van der Waals surface area contributed by atoms with Crippen LogP contribution in [0.15, 0.2) is 94.1 Å². The van der Waals surface area contributed by atoms with Crippen LogP contribution in [-0.4, -0.2) is 35.7 Å². The summed E-state index contributed by atoms with van der Waals surface area (Å²) in [7, 11) is 0. The Morgan fingerprint density at radius 3 is 2.32 bits per heavy atom. The molecular formula is C25H20BrN3O5. The molecule has 172 valence electrons. The van der Waals surface area contributed by atoms with Crippen molar-refractivity contribution in [2.75, 3.05) is 6.61 Å². The van der Waals surface area contributed by atoms with E-state index in [9.17, 15) is 14.4 Å². The summed E-state index contributed by atoms with van der Waals surface area (Å²) in [6.45, 7) is -0.524. The van der Waals surface area contributed by atoms with Crippen molar-refractivity contribution < 1.29 is 24.2 Å². The van der Waals surface area contributed by atoms with E-state index in [-0.39, 0.29) is 11.4 Å². The van der Waals surface area contributed by atoms with E-state index in [1.54, 1.807) is 60.7 Å². The molecule has 3 rings (SSSR count). The maximum atomic E-state index is 12.8. The topological polar surface area (TPSA) is 117 Å². The van der Waals surface area contributed by atoms with Crippen molar-refractivity contribution >= 4 is 46.0 Å². The lowest BCUT2D eigenvalue weighted by molar-refractivity contribution is -0.139. The molecule has 0 aliphatic rings. The highest BCUT2D eigenvalue weighted by molar-refractivity contribution is 9.10. The summed E-state index contributed by atoms with van der Waals surface area (Å²) < 4.78 is 5.96. The second-order valence-electron chi connectivity index (χ2n) is 6.85. The van der Waals surface area contributed by atoms with Gasteiger partial charge in [0, 0.05) is 15.6 Å². The number of aliphatic carboxylic acids is 1. The van der Waals surface area contributed by atoms with Gasteiger partial charge >= 0.3 is 5.97 Å². The molecule has 0 aliphatic heterocycles. The van der Waals surface area contributed by atoms with E-state index in [2.05, 4.69) is 31.8 Å². The number of rotatable bonds is 9. The minimum atomic E-state index is -1.12. The van der Waals surface area contributed by atoms with Crippen molar-refractivity contribution in [3.05, 3.63) is 106 Å². The van der Waals surface area contributed by atoms with Gasteiger partial charge in [-0.2, -0.15) is 5.10 Å². The maximum Gasteiger partial charge on any atom is 0.341 e. The molecule has 0 aromatic heterocycles. The van der Waals surface area contributed by atoms with Gasteiger partial charge in [0.1, 0.15) is 11.4 Å².